The van der Waals surface area contributed by atoms with Crippen LogP contribution in [0.25, 0.3) is 0 Å². The highest BCUT2D eigenvalue weighted by Gasteiger charge is 2.29. The summed E-state index contributed by atoms with van der Waals surface area (Å²) in [5, 5.41) is 4.32. The third-order valence-corrected chi connectivity index (χ3v) is 8.66. The van der Waals surface area contributed by atoms with Gasteiger partial charge in [-0.3, -0.25) is 13.9 Å². The van der Waals surface area contributed by atoms with Gasteiger partial charge in [0.15, 0.2) is 0 Å². The van der Waals surface area contributed by atoms with Crippen molar-refractivity contribution in [3.8, 4) is 0 Å². The van der Waals surface area contributed by atoms with Crippen LogP contribution >= 0.6 is 34.8 Å². The van der Waals surface area contributed by atoms with Crippen LogP contribution in [0.15, 0.2) is 42.5 Å². The Balaban J connectivity index is 1.73. The molecule has 1 aliphatic carbocycles. The molecule has 202 valence electrons. The topological polar surface area (TPSA) is 86.8 Å². The van der Waals surface area contributed by atoms with E-state index in [1.165, 1.54) is 9.21 Å². The molecule has 37 heavy (non-hydrogen) atoms. The number of halogens is 3. The number of sulfonamides is 1. The average molecular weight is 589 g/mol. The molecular weight excluding hydrogens is 557 g/mol. The standard InChI is InChI=1S/C26H32Cl3N3O4S/c1-18(26(34)30-21-6-3-4-7-21)31(17-19-9-14-23(28)24(29)16-19)25(33)8-5-15-32(37(2,35)36)22-12-10-20(27)11-13-22/h9-14,16,18,21H,3-8,15,17H2,1-2H3,(H,30,34). The maximum atomic E-state index is 13.4. The summed E-state index contributed by atoms with van der Waals surface area (Å²) in [6.45, 7) is 1.98. The van der Waals surface area contributed by atoms with Crippen LogP contribution in [-0.4, -0.2) is 50.0 Å². The number of amides is 2. The number of anilines is 1. The predicted octanol–water partition coefficient (Wildman–Crippen LogP) is 5.67. The van der Waals surface area contributed by atoms with Crippen LogP contribution in [0.1, 0.15) is 51.0 Å². The van der Waals surface area contributed by atoms with Crippen molar-refractivity contribution in [2.75, 3.05) is 17.1 Å². The first-order valence-electron chi connectivity index (χ1n) is 12.2. The van der Waals surface area contributed by atoms with E-state index in [0.717, 1.165) is 37.5 Å². The molecule has 7 nitrogen and oxygen atoms in total. The zero-order valence-corrected chi connectivity index (χ0v) is 24.0. The van der Waals surface area contributed by atoms with Crippen molar-refractivity contribution in [1.29, 1.82) is 0 Å². The van der Waals surface area contributed by atoms with Gasteiger partial charge in [-0.15, -0.1) is 0 Å². The van der Waals surface area contributed by atoms with E-state index in [2.05, 4.69) is 5.32 Å². The lowest BCUT2D eigenvalue weighted by Crippen LogP contribution is -2.49. The lowest BCUT2D eigenvalue weighted by atomic mass is 10.1. The van der Waals surface area contributed by atoms with Crippen LogP contribution in [0.5, 0.6) is 0 Å². The number of hydrogen-bond acceptors (Lipinski definition) is 4. The molecule has 1 atom stereocenters. The van der Waals surface area contributed by atoms with Crippen LogP contribution < -0.4 is 9.62 Å². The number of carbonyl (C=O) groups excluding carboxylic acids is 2. The summed E-state index contributed by atoms with van der Waals surface area (Å²) < 4.78 is 26.1. The largest absolute Gasteiger partial charge is 0.352 e. The minimum Gasteiger partial charge on any atom is -0.352 e. The minimum absolute atomic E-state index is 0.0575. The first-order valence-corrected chi connectivity index (χ1v) is 15.2. The zero-order valence-electron chi connectivity index (χ0n) is 20.9. The van der Waals surface area contributed by atoms with E-state index in [-0.39, 0.29) is 43.8 Å². The maximum absolute atomic E-state index is 13.4. The summed E-state index contributed by atoms with van der Waals surface area (Å²) >= 11 is 18.2. The zero-order chi connectivity index (χ0) is 27.2. The Kier molecular flexibility index (Phi) is 10.5. The van der Waals surface area contributed by atoms with Gasteiger partial charge in [0.25, 0.3) is 0 Å². The summed E-state index contributed by atoms with van der Waals surface area (Å²) in [4.78, 5) is 27.9. The smallest absolute Gasteiger partial charge is 0.242 e. The van der Waals surface area contributed by atoms with Gasteiger partial charge in [0.2, 0.25) is 21.8 Å². The lowest BCUT2D eigenvalue weighted by Gasteiger charge is -2.30. The van der Waals surface area contributed by atoms with Crippen molar-refractivity contribution >= 4 is 62.3 Å². The van der Waals surface area contributed by atoms with Gasteiger partial charge < -0.3 is 10.2 Å². The number of hydrogen-bond donors (Lipinski definition) is 1. The van der Waals surface area contributed by atoms with Gasteiger partial charge in [0.05, 0.1) is 22.0 Å². The lowest BCUT2D eigenvalue weighted by molar-refractivity contribution is -0.141. The highest BCUT2D eigenvalue weighted by Crippen LogP contribution is 2.25. The molecule has 1 N–H and O–H groups in total. The van der Waals surface area contributed by atoms with Crippen LogP contribution in [0.3, 0.4) is 0 Å². The van der Waals surface area contributed by atoms with Gasteiger partial charge in [-0.05, 0) is 68.1 Å². The fourth-order valence-electron chi connectivity index (χ4n) is 4.42. The van der Waals surface area contributed by atoms with Gasteiger partial charge in [0.1, 0.15) is 6.04 Å². The molecule has 0 heterocycles. The van der Waals surface area contributed by atoms with Crippen LogP contribution in [0.2, 0.25) is 15.1 Å². The molecule has 11 heteroatoms. The summed E-state index contributed by atoms with van der Waals surface area (Å²) in [6.07, 6.45) is 5.47. The molecular formula is C26H32Cl3N3O4S. The number of nitrogens with one attached hydrogen (secondary N) is 1. The number of benzene rings is 2. The van der Waals surface area contributed by atoms with E-state index >= 15 is 0 Å². The minimum atomic E-state index is -3.58. The Morgan fingerprint density at radius 1 is 1.03 bits per heavy atom. The van der Waals surface area contributed by atoms with E-state index in [0.29, 0.717) is 20.8 Å². The molecule has 1 unspecified atom stereocenters. The fourth-order valence-corrected chi connectivity index (χ4v) is 5.83. The van der Waals surface area contributed by atoms with Crippen molar-refractivity contribution in [2.45, 2.75) is 64.1 Å². The molecule has 0 bridgehead atoms. The van der Waals surface area contributed by atoms with E-state index < -0.39 is 16.1 Å². The molecule has 0 aliphatic heterocycles. The van der Waals surface area contributed by atoms with Gasteiger partial charge in [0, 0.05) is 30.6 Å². The van der Waals surface area contributed by atoms with E-state index in [1.807, 2.05) is 0 Å². The van der Waals surface area contributed by atoms with Crippen LogP contribution in [0.4, 0.5) is 5.69 Å². The number of rotatable bonds is 11. The molecule has 1 fully saturated rings. The molecule has 1 aliphatic rings. The van der Waals surface area contributed by atoms with Crippen LogP contribution in [-0.2, 0) is 26.2 Å². The molecule has 1 saturated carbocycles. The second-order valence-corrected chi connectivity index (χ2v) is 12.5. The van der Waals surface area contributed by atoms with Crippen molar-refractivity contribution in [2.24, 2.45) is 0 Å². The van der Waals surface area contributed by atoms with Gasteiger partial charge in [-0.1, -0.05) is 53.7 Å². The third-order valence-electron chi connectivity index (χ3n) is 6.47. The monoisotopic (exact) mass is 587 g/mol. The van der Waals surface area contributed by atoms with Crippen LogP contribution in [0, 0.1) is 0 Å². The van der Waals surface area contributed by atoms with E-state index in [9.17, 15) is 18.0 Å². The van der Waals surface area contributed by atoms with Crippen molar-refractivity contribution in [3.05, 3.63) is 63.1 Å². The molecule has 2 aromatic rings. The Bertz CT molecular complexity index is 1200. The Morgan fingerprint density at radius 2 is 1.68 bits per heavy atom. The molecule has 3 rings (SSSR count). The molecule has 0 spiro atoms. The van der Waals surface area contributed by atoms with Crippen molar-refractivity contribution in [3.63, 3.8) is 0 Å². The SMILES string of the molecule is CC(C(=O)NC1CCCC1)N(Cc1ccc(Cl)c(Cl)c1)C(=O)CCCN(c1ccc(Cl)cc1)S(C)(=O)=O. The summed E-state index contributed by atoms with van der Waals surface area (Å²) in [5.74, 6) is -0.469. The number of nitrogens with zero attached hydrogens (tertiary/aromatic N) is 2. The van der Waals surface area contributed by atoms with Gasteiger partial charge in [-0.25, -0.2) is 8.42 Å². The molecule has 0 aromatic heterocycles. The maximum Gasteiger partial charge on any atom is 0.242 e. The van der Waals surface area contributed by atoms with Gasteiger partial charge in [-0.2, -0.15) is 0 Å². The Morgan fingerprint density at radius 3 is 2.27 bits per heavy atom. The quantitative estimate of drug-likeness (QED) is 0.367. The summed E-state index contributed by atoms with van der Waals surface area (Å²) in [5.41, 5.74) is 1.21. The molecule has 2 amide bonds. The highest BCUT2D eigenvalue weighted by molar-refractivity contribution is 7.92. The van der Waals surface area contributed by atoms with Gasteiger partial charge >= 0.3 is 0 Å². The van der Waals surface area contributed by atoms with Crippen molar-refractivity contribution in [1.82, 2.24) is 10.2 Å². The predicted molar refractivity (Wildman–Crippen MR) is 150 cm³/mol. The molecule has 0 radical (unpaired) electrons. The first kappa shape index (κ1) is 29.6. The molecule has 2 aromatic carbocycles. The third kappa shape index (κ3) is 8.50. The number of carbonyl (C=O) groups is 2. The second-order valence-electron chi connectivity index (χ2n) is 9.35. The fraction of sp³-hybridized carbons (Fsp3) is 0.462. The first-order chi connectivity index (χ1) is 17.5. The average Bonchev–Trinajstić information content (AvgIpc) is 3.35. The summed E-state index contributed by atoms with van der Waals surface area (Å²) in [7, 11) is -3.58. The highest BCUT2D eigenvalue weighted by atomic mass is 35.5. The second kappa shape index (κ2) is 13.2. The van der Waals surface area contributed by atoms with E-state index in [1.54, 1.807) is 49.4 Å². The Hall–Kier alpha value is -2.00. The van der Waals surface area contributed by atoms with E-state index in [4.69, 9.17) is 34.8 Å². The van der Waals surface area contributed by atoms with Crippen molar-refractivity contribution < 1.29 is 18.0 Å². The summed E-state index contributed by atoms with van der Waals surface area (Å²) in [6, 6.07) is 11.0. The Labute approximate surface area is 234 Å². The normalized spacial score (nSPS) is 14.8. The molecule has 0 saturated heterocycles.